The highest BCUT2D eigenvalue weighted by atomic mass is 32.2. The molecule has 31 heavy (non-hydrogen) atoms. The second-order valence-corrected chi connectivity index (χ2v) is 9.10. The van der Waals surface area contributed by atoms with Crippen LogP contribution in [0.1, 0.15) is 45.9 Å². The van der Waals surface area contributed by atoms with Gasteiger partial charge in [-0.2, -0.15) is 4.72 Å². The van der Waals surface area contributed by atoms with Gasteiger partial charge < -0.3 is 15.8 Å². The first kappa shape index (κ1) is 24.4. The van der Waals surface area contributed by atoms with Crippen molar-refractivity contribution in [1.29, 1.82) is 0 Å². The summed E-state index contributed by atoms with van der Waals surface area (Å²) >= 11 is 0.794. The predicted molar refractivity (Wildman–Crippen MR) is 113 cm³/mol. The summed E-state index contributed by atoms with van der Waals surface area (Å²) in [5, 5.41) is 2.51. The van der Waals surface area contributed by atoms with E-state index < -0.39 is 39.7 Å². The van der Waals surface area contributed by atoms with Crippen molar-refractivity contribution < 1.29 is 31.9 Å². The molecule has 0 saturated heterocycles. The Balaban J connectivity index is 2.31. The summed E-state index contributed by atoms with van der Waals surface area (Å²) in [7, 11) is -4.12. The number of carbonyl (C=O) groups is 3. The lowest BCUT2D eigenvalue weighted by Crippen LogP contribution is -2.43. The minimum absolute atomic E-state index is 0.0224. The number of primary amides is 1. The van der Waals surface area contributed by atoms with Gasteiger partial charge in [0.2, 0.25) is 15.9 Å². The predicted octanol–water partition coefficient (Wildman–Crippen LogP) is 2.17. The summed E-state index contributed by atoms with van der Waals surface area (Å²) in [6.07, 6.45) is 0.0774. The lowest BCUT2D eigenvalue weighted by molar-refractivity contribution is -0.117. The number of ether oxygens (including phenoxy) is 1. The zero-order valence-corrected chi connectivity index (χ0v) is 18.7. The molecule has 9 nitrogen and oxygen atoms in total. The molecule has 168 valence electrons. The van der Waals surface area contributed by atoms with Gasteiger partial charge in [-0.05, 0) is 50.1 Å². The first-order chi connectivity index (χ1) is 14.5. The van der Waals surface area contributed by atoms with E-state index in [-0.39, 0.29) is 38.9 Å². The molecule has 12 heteroatoms. The molecule has 0 fully saturated rings. The molecule has 1 aromatic carbocycles. The summed E-state index contributed by atoms with van der Waals surface area (Å²) in [5.41, 5.74) is 5.57. The smallest absolute Gasteiger partial charge is 0.341 e. The first-order valence-corrected chi connectivity index (χ1v) is 11.5. The van der Waals surface area contributed by atoms with Crippen LogP contribution in [-0.2, 0) is 19.6 Å². The fourth-order valence-corrected chi connectivity index (χ4v) is 5.00. The molecule has 1 unspecified atom stereocenters. The third-order valence-corrected chi connectivity index (χ3v) is 6.94. The fourth-order valence-electron chi connectivity index (χ4n) is 2.68. The molecule has 1 heterocycles. The van der Waals surface area contributed by atoms with Gasteiger partial charge in [0, 0.05) is 0 Å². The van der Waals surface area contributed by atoms with E-state index in [4.69, 9.17) is 10.5 Å². The highest BCUT2D eigenvalue weighted by molar-refractivity contribution is 7.89. The number of esters is 1. The van der Waals surface area contributed by atoms with Crippen molar-refractivity contribution in [2.24, 2.45) is 5.73 Å². The van der Waals surface area contributed by atoms with Crippen LogP contribution in [0, 0.1) is 12.7 Å². The number of sulfonamides is 1. The van der Waals surface area contributed by atoms with E-state index in [2.05, 4.69) is 10.0 Å². The van der Waals surface area contributed by atoms with Crippen LogP contribution < -0.4 is 15.8 Å². The Morgan fingerprint density at radius 2 is 1.81 bits per heavy atom. The third kappa shape index (κ3) is 5.66. The van der Waals surface area contributed by atoms with Crippen molar-refractivity contribution in [3.05, 3.63) is 46.1 Å². The van der Waals surface area contributed by atoms with Gasteiger partial charge in [-0.15, -0.1) is 11.3 Å². The second-order valence-electron chi connectivity index (χ2n) is 6.37. The number of benzene rings is 1. The summed E-state index contributed by atoms with van der Waals surface area (Å²) in [6, 6.07) is 2.91. The van der Waals surface area contributed by atoms with Crippen molar-refractivity contribution in [2.75, 3.05) is 11.9 Å². The fraction of sp³-hybridized carbons (Fsp3) is 0.316. The SMILES string of the molecule is CCOC(=O)c1c(NC(=O)C(CC)NS(=O)(=O)c2ccc(F)cc2)sc(C(N)=O)c1C. The topological polar surface area (TPSA) is 145 Å². The number of nitrogens with two attached hydrogens (primary N) is 1. The van der Waals surface area contributed by atoms with Crippen molar-refractivity contribution in [1.82, 2.24) is 4.72 Å². The molecule has 0 aliphatic rings. The number of carbonyl (C=O) groups excluding carboxylic acids is 3. The van der Waals surface area contributed by atoms with E-state index in [0.717, 1.165) is 35.6 Å². The van der Waals surface area contributed by atoms with Crippen LogP contribution in [0.5, 0.6) is 0 Å². The number of amides is 2. The standard InChI is InChI=1S/C19H22FN3O6S2/c1-4-13(23-31(27,28)12-8-6-11(20)7-9-12)17(25)22-18-14(19(26)29-5-2)10(3)15(30-18)16(21)24/h6-9,13,23H,4-5H2,1-3H3,(H2,21,24)(H,22,25). The molecule has 0 saturated carbocycles. The highest BCUT2D eigenvalue weighted by Gasteiger charge is 2.29. The molecule has 4 N–H and O–H groups in total. The molecule has 0 bridgehead atoms. The number of anilines is 1. The number of hydrogen-bond donors (Lipinski definition) is 3. The minimum Gasteiger partial charge on any atom is -0.462 e. The van der Waals surface area contributed by atoms with Gasteiger partial charge in [0.25, 0.3) is 5.91 Å². The summed E-state index contributed by atoms with van der Waals surface area (Å²) in [5.74, 6) is -2.89. The van der Waals surface area contributed by atoms with Gasteiger partial charge in [0.1, 0.15) is 16.9 Å². The number of nitrogens with one attached hydrogen (secondary N) is 2. The lowest BCUT2D eigenvalue weighted by Gasteiger charge is -2.17. The number of hydrogen-bond acceptors (Lipinski definition) is 7. The molecule has 0 aliphatic heterocycles. The van der Waals surface area contributed by atoms with Crippen molar-refractivity contribution >= 4 is 44.1 Å². The zero-order chi connectivity index (χ0) is 23.3. The van der Waals surface area contributed by atoms with E-state index in [1.807, 2.05) is 0 Å². The van der Waals surface area contributed by atoms with Crippen LogP contribution in [0.4, 0.5) is 9.39 Å². The van der Waals surface area contributed by atoms with Crippen LogP contribution in [-0.4, -0.2) is 38.9 Å². The summed E-state index contributed by atoms with van der Waals surface area (Å²) in [4.78, 5) is 36.6. The molecule has 1 aromatic heterocycles. The lowest BCUT2D eigenvalue weighted by atomic mass is 10.1. The average Bonchev–Trinajstić information content (AvgIpc) is 3.02. The van der Waals surface area contributed by atoms with Gasteiger partial charge in [-0.1, -0.05) is 6.92 Å². The molecule has 2 amide bonds. The number of rotatable bonds is 9. The van der Waals surface area contributed by atoms with Crippen molar-refractivity contribution in [3.8, 4) is 0 Å². The van der Waals surface area contributed by atoms with Gasteiger partial charge in [-0.3, -0.25) is 9.59 Å². The Bertz CT molecular complexity index is 1100. The van der Waals surface area contributed by atoms with E-state index in [0.29, 0.717) is 0 Å². The molecule has 2 rings (SSSR count). The molecular weight excluding hydrogens is 449 g/mol. The van der Waals surface area contributed by atoms with E-state index in [1.54, 1.807) is 13.8 Å². The van der Waals surface area contributed by atoms with E-state index >= 15 is 0 Å². The Morgan fingerprint density at radius 3 is 2.32 bits per heavy atom. The Labute approximate surface area is 182 Å². The summed E-state index contributed by atoms with van der Waals surface area (Å²) in [6.45, 7) is 4.75. The quantitative estimate of drug-likeness (QED) is 0.478. The van der Waals surface area contributed by atoms with Crippen molar-refractivity contribution in [3.63, 3.8) is 0 Å². The maximum absolute atomic E-state index is 13.1. The first-order valence-electron chi connectivity index (χ1n) is 9.20. The molecule has 1 atom stereocenters. The maximum atomic E-state index is 13.1. The molecule has 2 aromatic rings. The molecule has 0 spiro atoms. The van der Waals surface area contributed by atoms with Gasteiger partial charge in [-0.25, -0.2) is 17.6 Å². The van der Waals surface area contributed by atoms with E-state index in [1.165, 1.54) is 6.92 Å². The normalized spacial score (nSPS) is 12.3. The maximum Gasteiger partial charge on any atom is 0.341 e. The minimum atomic E-state index is -4.12. The highest BCUT2D eigenvalue weighted by Crippen LogP contribution is 2.33. The monoisotopic (exact) mass is 471 g/mol. The van der Waals surface area contributed by atoms with Gasteiger partial charge in [0.05, 0.1) is 21.9 Å². The Morgan fingerprint density at radius 1 is 1.19 bits per heavy atom. The Kier molecular flexibility index (Phi) is 7.87. The largest absolute Gasteiger partial charge is 0.462 e. The zero-order valence-electron chi connectivity index (χ0n) is 17.0. The van der Waals surface area contributed by atoms with Crippen LogP contribution in [0.25, 0.3) is 0 Å². The van der Waals surface area contributed by atoms with Gasteiger partial charge in [0.15, 0.2) is 0 Å². The molecule has 0 aliphatic carbocycles. The van der Waals surface area contributed by atoms with Gasteiger partial charge >= 0.3 is 5.97 Å². The second kappa shape index (κ2) is 9.98. The van der Waals surface area contributed by atoms with Crippen LogP contribution in [0.2, 0.25) is 0 Å². The summed E-state index contributed by atoms with van der Waals surface area (Å²) < 4.78 is 45.4. The van der Waals surface area contributed by atoms with Crippen molar-refractivity contribution in [2.45, 2.75) is 38.1 Å². The van der Waals surface area contributed by atoms with Crippen LogP contribution >= 0.6 is 11.3 Å². The molecular formula is C19H22FN3O6S2. The van der Waals surface area contributed by atoms with E-state index in [9.17, 15) is 27.2 Å². The average molecular weight is 472 g/mol. The third-order valence-electron chi connectivity index (χ3n) is 4.23. The number of thiophene rings is 1. The van der Waals surface area contributed by atoms with Crippen LogP contribution in [0.3, 0.4) is 0 Å². The Hall–Kier alpha value is -2.83. The number of halogens is 1. The van der Waals surface area contributed by atoms with Crippen LogP contribution in [0.15, 0.2) is 29.2 Å². The molecule has 0 radical (unpaired) electrons.